The molecule has 0 spiro atoms. The second-order valence-corrected chi connectivity index (χ2v) is 6.17. The maximum absolute atomic E-state index is 11.4. The quantitative estimate of drug-likeness (QED) is 0.938. The maximum atomic E-state index is 11.4. The Balaban J connectivity index is 1.77. The average Bonchev–Trinajstić information content (AvgIpc) is 3.12. The summed E-state index contributed by atoms with van der Waals surface area (Å²) in [6.45, 7) is 3.07. The van der Waals surface area contributed by atoms with E-state index in [-0.39, 0.29) is 0 Å². The molecule has 6 heteroatoms. The molecule has 0 amide bonds. The molecule has 0 aromatic carbocycles. The molecule has 1 saturated heterocycles. The minimum absolute atomic E-state index is 0.512. The van der Waals surface area contributed by atoms with Crippen molar-refractivity contribution in [2.24, 2.45) is 0 Å². The van der Waals surface area contributed by atoms with Crippen molar-refractivity contribution in [3.05, 3.63) is 29.5 Å². The Kier molecular flexibility index (Phi) is 3.35. The standard InChI is InChI=1S/C14H16N2O3S/c1-14(13(17)18)5-3-6-16(14)8-10-9-19-12(15-10)11-4-2-7-20-11/h2,4,7,9H,3,5-6,8H2,1H3,(H,17,18). The van der Waals surface area contributed by atoms with Crippen molar-refractivity contribution in [2.75, 3.05) is 6.54 Å². The lowest BCUT2D eigenvalue weighted by Gasteiger charge is -2.30. The summed E-state index contributed by atoms with van der Waals surface area (Å²) in [5.74, 6) is -0.164. The number of nitrogens with zero attached hydrogens (tertiary/aromatic N) is 2. The highest BCUT2D eigenvalue weighted by molar-refractivity contribution is 7.13. The number of carboxylic acids is 1. The molecule has 0 radical (unpaired) electrons. The number of oxazole rings is 1. The van der Waals surface area contributed by atoms with Crippen LogP contribution in [-0.2, 0) is 11.3 Å². The summed E-state index contributed by atoms with van der Waals surface area (Å²) in [4.78, 5) is 18.8. The summed E-state index contributed by atoms with van der Waals surface area (Å²) in [6, 6.07) is 3.91. The van der Waals surface area contributed by atoms with E-state index in [4.69, 9.17) is 4.42 Å². The Morgan fingerprint density at radius 1 is 1.65 bits per heavy atom. The van der Waals surface area contributed by atoms with Gasteiger partial charge in [-0.25, -0.2) is 4.98 Å². The normalized spacial score (nSPS) is 23.2. The molecule has 0 saturated carbocycles. The number of carbonyl (C=O) groups is 1. The molecule has 0 bridgehead atoms. The van der Waals surface area contributed by atoms with Gasteiger partial charge in [0.25, 0.3) is 0 Å². The molecule has 1 atom stereocenters. The van der Waals surface area contributed by atoms with Gasteiger partial charge in [0.2, 0.25) is 5.89 Å². The second-order valence-electron chi connectivity index (χ2n) is 5.23. The van der Waals surface area contributed by atoms with Gasteiger partial charge in [-0.1, -0.05) is 6.07 Å². The molecule has 5 nitrogen and oxygen atoms in total. The first-order chi connectivity index (χ1) is 9.59. The van der Waals surface area contributed by atoms with Crippen LogP contribution in [0.3, 0.4) is 0 Å². The molecule has 0 aliphatic carbocycles. The van der Waals surface area contributed by atoms with Crippen LogP contribution in [0.5, 0.6) is 0 Å². The van der Waals surface area contributed by atoms with Crippen LogP contribution in [0.1, 0.15) is 25.5 Å². The molecule has 2 aromatic rings. The van der Waals surface area contributed by atoms with Crippen molar-refractivity contribution in [1.29, 1.82) is 0 Å². The Labute approximate surface area is 120 Å². The van der Waals surface area contributed by atoms with Gasteiger partial charge in [0.1, 0.15) is 11.8 Å². The number of aliphatic carboxylic acids is 1. The van der Waals surface area contributed by atoms with Crippen molar-refractivity contribution in [3.8, 4) is 10.8 Å². The summed E-state index contributed by atoms with van der Waals surface area (Å²) < 4.78 is 5.47. The lowest BCUT2D eigenvalue weighted by Crippen LogP contribution is -2.47. The zero-order valence-corrected chi connectivity index (χ0v) is 12.0. The molecule has 3 rings (SSSR count). The zero-order valence-electron chi connectivity index (χ0n) is 11.2. The average molecular weight is 292 g/mol. The lowest BCUT2D eigenvalue weighted by molar-refractivity contribution is -0.148. The third-order valence-corrected chi connectivity index (χ3v) is 4.74. The van der Waals surface area contributed by atoms with Crippen LogP contribution >= 0.6 is 11.3 Å². The van der Waals surface area contributed by atoms with Crippen LogP contribution in [0.4, 0.5) is 0 Å². The van der Waals surface area contributed by atoms with Gasteiger partial charge in [0.15, 0.2) is 0 Å². The highest BCUT2D eigenvalue weighted by Gasteiger charge is 2.43. The number of hydrogen-bond acceptors (Lipinski definition) is 5. The molecule has 3 heterocycles. The van der Waals surface area contributed by atoms with E-state index < -0.39 is 11.5 Å². The smallest absolute Gasteiger partial charge is 0.323 e. The first-order valence-electron chi connectivity index (χ1n) is 6.56. The van der Waals surface area contributed by atoms with Crippen molar-refractivity contribution >= 4 is 17.3 Å². The van der Waals surface area contributed by atoms with E-state index in [1.54, 1.807) is 24.5 Å². The molecule has 1 aliphatic heterocycles. The number of hydrogen-bond donors (Lipinski definition) is 1. The molecule has 20 heavy (non-hydrogen) atoms. The van der Waals surface area contributed by atoms with Crippen LogP contribution in [0.15, 0.2) is 28.2 Å². The van der Waals surface area contributed by atoms with Crippen molar-refractivity contribution in [2.45, 2.75) is 31.8 Å². The van der Waals surface area contributed by atoms with Gasteiger partial charge >= 0.3 is 5.97 Å². The van der Waals surface area contributed by atoms with Crippen LogP contribution in [0, 0.1) is 0 Å². The van der Waals surface area contributed by atoms with Gasteiger partial charge in [-0.15, -0.1) is 11.3 Å². The predicted octanol–water partition coefficient (Wildman–Crippen LogP) is 2.84. The topological polar surface area (TPSA) is 66.6 Å². The maximum Gasteiger partial charge on any atom is 0.323 e. The summed E-state index contributed by atoms with van der Waals surface area (Å²) in [7, 11) is 0. The van der Waals surface area contributed by atoms with E-state index in [0.29, 0.717) is 18.9 Å². The van der Waals surface area contributed by atoms with E-state index in [0.717, 1.165) is 23.5 Å². The van der Waals surface area contributed by atoms with Crippen molar-refractivity contribution < 1.29 is 14.3 Å². The largest absolute Gasteiger partial charge is 0.480 e. The monoisotopic (exact) mass is 292 g/mol. The Hall–Kier alpha value is -1.66. The first kappa shape index (κ1) is 13.3. The van der Waals surface area contributed by atoms with Crippen molar-refractivity contribution in [3.63, 3.8) is 0 Å². The van der Waals surface area contributed by atoms with Gasteiger partial charge in [-0.3, -0.25) is 9.69 Å². The Morgan fingerprint density at radius 3 is 3.20 bits per heavy atom. The minimum Gasteiger partial charge on any atom is -0.480 e. The van der Waals surface area contributed by atoms with E-state index in [9.17, 15) is 9.90 Å². The van der Waals surface area contributed by atoms with Gasteiger partial charge < -0.3 is 9.52 Å². The van der Waals surface area contributed by atoms with Crippen LogP contribution in [0.25, 0.3) is 10.8 Å². The van der Waals surface area contributed by atoms with Crippen LogP contribution in [0.2, 0.25) is 0 Å². The molecule has 1 aliphatic rings. The Bertz CT molecular complexity index is 608. The van der Waals surface area contributed by atoms with E-state index in [1.807, 2.05) is 22.4 Å². The number of aromatic nitrogens is 1. The number of carboxylic acid groups (broad SMARTS) is 1. The number of rotatable bonds is 4. The van der Waals surface area contributed by atoms with Crippen molar-refractivity contribution in [1.82, 2.24) is 9.88 Å². The number of likely N-dealkylation sites (tertiary alicyclic amines) is 1. The summed E-state index contributed by atoms with van der Waals surface area (Å²) in [5, 5.41) is 11.4. The Morgan fingerprint density at radius 2 is 2.50 bits per heavy atom. The summed E-state index contributed by atoms with van der Waals surface area (Å²) in [5.41, 5.74) is -0.00929. The van der Waals surface area contributed by atoms with E-state index >= 15 is 0 Å². The van der Waals surface area contributed by atoms with Crippen LogP contribution < -0.4 is 0 Å². The third-order valence-electron chi connectivity index (χ3n) is 3.89. The summed E-state index contributed by atoms with van der Waals surface area (Å²) >= 11 is 1.57. The predicted molar refractivity (Wildman–Crippen MR) is 75.5 cm³/mol. The van der Waals surface area contributed by atoms with Gasteiger partial charge in [-0.05, 0) is 37.8 Å². The minimum atomic E-state index is -0.790. The molecular weight excluding hydrogens is 276 g/mol. The van der Waals surface area contributed by atoms with Crippen LogP contribution in [-0.4, -0.2) is 33.0 Å². The molecule has 1 N–H and O–H groups in total. The highest BCUT2D eigenvalue weighted by Crippen LogP contribution is 2.31. The highest BCUT2D eigenvalue weighted by atomic mass is 32.1. The van der Waals surface area contributed by atoms with E-state index in [1.165, 1.54) is 0 Å². The summed E-state index contributed by atoms with van der Waals surface area (Å²) in [6.07, 6.45) is 3.20. The van der Waals surface area contributed by atoms with E-state index in [2.05, 4.69) is 4.98 Å². The SMILES string of the molecule is CC1(C(=O)O)CCCN1Cc1coc(-c2cccs2)n1. The molecule has 106 valence electrons. The second kappa shape index (κ2) is 5.03. The number of thiophene rings is 1. The molecule has 1 fully saturated rings. The molecule has 1 unspecified atom stereocenters. The fraction of sp³-hybridized carbons (Fsp3) is 0.429. The zero-order chi connectivity index (χ0) is 14.2. The first-order valence-corrected chi connectivity index (χ1v) is 7.44. The van der Waals surface area contributed by atoms with Gasteiger partial charge in [-0.2, -0.15) is 0 Å². The van der Waals surface area contributed by atoms with Gasteiger partial charge in [0.05, 0.1) is 10.6 Å². The molecular formula is C14H16N2O3S. The third kappa shape index (κ3) is 2.25. The van der Waals surface area contributed by atoms with Gasteiger partial charge in [0, 0.05) is 6.54 Å². The molecule has 2 aromatic heterocycles. The fourth-order valence-electron chi connectivity index (χ4n) is 2.60. The lowest BCUT2D eigenvalue weighted by atomic mass is 9.99. The fourth-order valence-corrected chi connectivity index (χ4v) is 3.26.